The number of nitrogens with two attached hydrogens (primary N) is 1. The van der Waals surface area contributed by atoms with E-state index in [9.17, 15) is 21.6 Å². The quantitative estimate of drug-likeness (QED) is 0.596. The molecule has 1 heterocycles. The van der Waals surface area contributed by atoms with Crippen molar-refractivity contribution in [3.05, 3.63) is 71.5 Å². The van der Waals surface area contributed by atoms with E-state index in [1.165, 1.54) is 12.1 Å². The Morgan fingerprint density at radius 3 is 2.00 bits per heavy atom. The zero-order chi connectivity index (χ0) is 21.2. The zero-order valence-electron chi connectivity index (χ0n) is 14.5. The molecule has 0 bridgehead atoms. The minimum absolute atomic E-state index is 0.139. The van der Waals surface area contributed by atoms with Crippen LogP contribution in [0.1, 0.15) is 10.4 Å². The van der Waals surface area contributed by atoms with E-state index in [1.807, 2.05) is 0 Å². The summed E-state index contributed by atoms with van der Waals surface area (Å²) in [5.41, 5.74) is 0.510. The molecule has 0 saturated heterocycles. The molecular weight excluding hydrogens is 440 g/mol. The van der Waals surface area contributed by atoms with E-state index in [2.05, 4.69) is 9.97 Å². The second-order valence-electron chi connectivity index (χ2n) is 5.73. The fraction of sp³-hybridized carbons (Fsp3) is 0. The van der Waals surface area contributed by atoms with Gasteiger partial charge >= 0.3 is 0 Å². The van der Waals surface area contributed by atoms with Gasteiger partial charge in [0, 0.05) is 23.0 Å². The molecule has 9 nitrogen and oxygen atoms in total. The Labute approximate surface area is 171 Å². The average molecular weight is 453 g/mol. The molecule has 0 unspecified atom stereocenters. The Balaban J connectivity index is 1.86. The molecule has 0 aliphatic rings. The number of nitrogens with one attached hydrogen (secondary N) is 1. The van der Waals surface area contributed by atoms with Crippen LogP contribution in [-0.4, -0.2) is 32.7 Å². The van der Waals surface area contributed by atoms with Crippen molar-refractivity contribution in [2.24, 2.45) is 5.14 Å². The fourth-order valence-electron chi connectivity index (χ4n) is 2.34. The molecule has 3 aromatic rings. The highest BCUT2D eigenvalue weighted by atomic mass is 35.5. The molecule has 2 aromatic carbocycles. The summed E-state index contributed by atoms with van der Waals surface area (Å²) in [7, 11) is -8.84. The lowest BCUT2D eigenvalue weighted by atomic mass is 10.2. The smallest absolute Gasteiger partial charge is 0.268 e. The number of carbonyl (C=O) groups is 1. The number of sulfonamides is 2. The maximum absolute atomic E-state index is 12.5. The highest BCUT2D eigenvalue weighted by Crippen LogP contribution is 2.20. The molecule has 29 heavy (non-hydrogen) atoms. The van der Waals surface area contributed by atoms with E-state index < -0.39 is 35.7 Å². The van der Waals surface area contributed by atoms with Crippen LogP contribution in [0.5, 0.6) is 0 Å². The van der Waals surface area contributed by atoms with Gasteiger partial charge in [-0.1, -0.05) is 23.7 Å². The van der Waals surface area contributed by atoms with Gasteiger partial charge in [0.25, 0.3) is 15.9 Å². The predicted molar refractivity (Wildman–Crippen MR) is 105 cm³/mol. The van der Waals surface area contributed by atoms with Gasteiger partial charge in [0.2, 0.25) is 10.0 Å². The van der Waals surface area contributed by atoms with Crippen LogP contribution < -0.4 is 9.86 Å². The Bertz CT molecular complexity index is 1280. The number of hydrogen-bond donors (Lipinski definition) is 2. The van der Waals surface area contributed by atoms with E-state index in [0.717, 1.165) is 24.5 Å². The molecule has 0 fully saturated rings. The lowest BCUT2D eigenvalue weighted by Crippen LogP contribution is -2.32. The van der Waals surface area contributed by atoms with Crippen LogP contribution in [0, 0.1) is 0 Å². The van der Waals surface area contributed by atoms with Crippen LogP contribution in [-0.2, 0) is 20.0 Å². The number of halogens is 1. The van der Waals surface area contributed by atoms with Gasteiger partial charge in [0.05, 0.1) is 5.56 Å². The predicted octanol–water partition coefficient (Wildman–Crippen LogP) is 1.56. The maximum atomic E-state index is 12.5. The van der Waals surface area contributed by atoms with Gasteiger partial charge < -0.3 is 0 Å². The summed E-state index contributed by atoms with van der Waals surface area (Å²) >= 11 is 5.82. The largest absolute Gasteiger partial charge is 0.268 e. The van der Waals surface area contributed by atoms with Crippen molar-refractivity contribution in [2.75, 3.05) is 0 Å². The summed E-state index contributed by atoms with van der Waals surface area (Å²) in [6.45, 7) is 0. The number of rotatable bonds is 5. The number of hydrogen-bond acceptors (Lipinski definition) is 7. The van der Waals surface area contributed by atoms with E-state index in [4.69, 9.17) is 16.7 Å². The molecule has 150 valence electrons. The SMILES string of the molecule is NS(=O)(=O)c1ccccc1S(=O)(=O)NC(=O)c1cnc(-c2ccc(Cl)cc2)nc1. The third kappa shape index (κ3) is 4.77. The van der Waals surface area contributed by atoms with Crippen molar-refractivity contribution in [3.8, 4) is 11.4 Å². The van der Waals surface area contributed by atoms with Crippen molar-refractivity contribution >= 4 is 37.6 Å². The third-order valence-corrected chi connectivity index (χ3v) is 6.43. The highest BCUT2D eigenvalue weighted by molar-refractivity contribution is 7.92. The first-order chi connectivity index (χ1) is 13.6. The topological polar surface area (TPSA) is 149 Å². The van der Waals surface area contributed by atoms with Crippen molar-refractivity contribution in [1.82, 2.24) is 14.7 Å². The first kappa shape index (κ1) is 20.9. The van der Waals surface area contributed by atoms with E-state index in [-0.39, 0.29) is 5.56 Å². The van der Waals surface area contributed by atoms with Gasteiger partial charge in [0.15, 0.2) is 5.82 Å². The van der Waals surface area contributed by atoms with Crippen LogP contribution in [0.2, 0.25) is 5.02 Å². The summed E-state index contributed by atoms with van der Waals surface area (Å²) < 4.78 is 50.0. The second kappa shape index (κ2) is 7.87. The molecule has 3 rings (SSSR count). The minimum Gasteiger partial charge on any atom is -0.268 e. The Morgan fingerprint density at radius 1 is 0.897 bits per heavy atom. The monoisotopic (exact) mass is 452 g/mol. The van der Waals surface area contributed by atoms with E-state index >= 15 is 0 Å². The number of carbonyl (C=O) groups excluding carboxylic acids is 1. The normalized spacial score (nSPS) is 11.8. The lowest BCUT2D eigenvalue weighted by molar-refractivity contribution is 0.0980. The number of nitrogens with zero attached hydrogens (tertiary/aromatic N) is 2. The molecule has 0 aliphatic carbocycles. The molecule has 0 saturated carbocycles. The summed E-state index contributed by atoms with van der Waals surface area (Å²) in [4.78, 5) is 19.1. The maximum Gasteiger partial charge on any atom is 0.268 e. The van der Waals surface area contributed by atoms with E-state index in [0.29, 0.717) is 16.4 Å². The van der Waals surface area contributed by atoms with Gasteiger partial charge in [-0.05, 0) is 36.4 Å². The van der Waals surface area contributed by atoms with E-state index in [1.54, 1.807) is 29.0 Å². The number of aromatic nitrogens is 2. The van der Waals surface area contributed by atoms with Crippen LogP contribution in [0.25, 0.3) is 11.4 Å². The van der Waals surface area contributed by atoms with Gasteiger partial charge in [-0.25, -0.2) is 36.7 Å². The lowest BCUT2D eigenvalue weighted by Gasteiger charge is -2.10. The van der Waals surface area contributed by atoms with Crippen LogP contribution in [0.15, 0.2) is 70.7 Å². The average Bonchev–Trinajstić information content (AvgIpc) is 2.68. The Morgan fingerprint density at radius 2 is 1.45 bits per heavy atom. The van der Waals surface area contributed by atoms with Crippen LogP contribution in [0.4, 0.5) is 0 Å². The molecule has 3 N–H and O–H groups in total. The number of primary sulfonamides is 1. The van der Waals surface area contributed by atoms with Crippen molar-refractivity contribution in [3.63, 3.8) is 0 Å². The number of amides is 1. The standard InChI is InChI=1S/C17H13ClN4O5S2/c18-13-7-5-11(6-8-13)16-20-9-12(10-21-16)17(23)22-29(26,27)15-4-2-1-3-14(15)28(19,24)25/h1-10H,(H,22,23)(H2,19,24,25). The van der Waals surface area contributed by atoms with Crippen molar-refractivity contribution in [2.45, 2.75) is 9.79 Å². The first-order valence-corrected chi connectivity index (χ1v) is 11.3. The Kier molecular flexibility index (Phi) is 5.66. The van der Waals surface area contributed by atoms with Crippen molar-refractivity contribution in [1.29, 1.82) is 0 Å². The summed E-state index contributed by atoms with van der Waals surface area (Å²) in [6, 6.07) is 11.3. The first-order valence-electron chi connectivity index (χ1n) is 7.85. The molecular formula is C17H13ClN4O5S2. The molecule has 0 atom stereocenters. The third-order valence-electron chi connectivity index (χ3n) is 3.69. The van der Waals surface area contributed by atoms with Crippen molar-refractivity contribution < 1.29 is 21.6 Å². The van der Waals surface area contributed by atoms with Gasteiger partial charge in [-0.2, -0.15) is 0 Å². The molecule has 0 spiro atoms. The summed E-state index contributed by atoms with van der Waals surface area (Å²) in [6.07, 6.45) is 2.29. The summed E-state index contributed by atoms with van der Waals surface area (Å²) in [5.74, 6) is -0.725. The highest BCUT2D eigenvalue weighted by Gasteiger charge is 2.26. The minimum atomic E-state index is -4.52. The summed E-state index contributed by atoms with van der Waals surface area (Å²) in [5, 5.41) is 5.58. The molecule has 1 amide bonds. The number of benzene rings is 2. The fourth-order valence-corrected chi connectivity index (χ4v) is 4.82. The van der Waals surface area contributed by atoms with Crippen LogP contribution >= 0.6 is 11.6 Å². The van der Waals surface area contributed by atoms with Gasteiger partial charge in [0.1, 0.15) is 9.79 Å². The second-order valence-corrected chi connectivity index (χ2v) is 9.35. The zero-order valence-corrected chi connectivity index (χ0v) is 16.9. The van der Waals surface area contributed by atoms with Gasteiger partial charge in [-0.15, -0.1) is 0 Å². The van der Waals surface area contributed by atoms with Crippen LogP contribution in [0.3, 0.4) is 0 Å². The Hall–Kier alpha value is -2.86. The molecule has 1 aromatic heterocycles. The molecule has 12 heteroatoms. The van der Waals surface area contributed by atoms with Gasteiger partial charge in [-0.3, -0.25) is 4.79 Å². The molecule has 0 radical (unpaired) electrons. The molecule has 0 aliphatic heterocycles.